The molecule has 0 rings (SSSR count). The first-order chi connectivity index (χ1) is 4.09. The summed E-state index contributed by atoms with van der Waals surface area (Å²) in [6.45, 7) is 4.29. The van der Waals surface area contributed by atoms with Crippen LogP contribution in [0.15, 0.2) is 23.3 Å². The van der Waals surface area contributed by atoms with E-state index < -0.39 is 11.7 Å². The lowest BCUT2D eigenvalue weighted by Gasteiger charge is -1.93. The largest absolute Gasteiger partial charge is 0.209 e. The number of halogens is 2. The average Bonchev–Trinajstić information content (AvgIpc) is 1.84. The van der Waals surface area contributed by atoms with Gasteiger partial charge in [0.1, 0.15) is 5.83 Å². The van der Waals surface area contributed by atoms with Gasteiger partial charge in [0.25, 0.3) is 0 Å². The molecule has 0 spiro atoms. The second-order valence-electron chi connectivity index (χ2n) is 1.82. The van der Waals surface area contributed by atoms with Crippen LogP contribution in [0.4, 0.5) is 8.78 Å². The van der Waals surface area contributed by atoms with Crippen molar-refractivity contribution in [1.82, 2.24) is 0 Å². The van der Waals surface area contributed by atoms with Crippen molar-refractivity contribution < 1.29 is 8.78 Å². The SMILES string of the molecule is C/C=C(C)\C(F)=C(/C)F. The second kappa shape index (κ2) is 3.38. The highest BCUT2D eigenvalue weighted by Gasteiger charge is 2.00. The molecule has 0 aromatic heterocycles. The van der Waals surface area contributed by atoms with Crippen molar-refractivity contribution in [2.75, 3.05) is 0 Å². The summed E-state index contributed by atoms with van der Waals surface area (Å²) in [5.41, 5.74) is 0.343. The van der Waals surface area contributed by atoms with Gasteiger partial charge in [-0.15, -0.1) is 0 Å². The number of hydrogen-bond acceptors (Lipinski definition) is 0. The predicted molar refractivity (Wildman–Crippen MR) is 34.3 cm³/mol. The zero-order valence-corrected chi connectivity index (χ0v) is 5.83. The van der Waals surface area contributed by atoms with E-state index in [-0.39, 0.29) is 0 Å². The summed E-state index contributed by atoms with van der Waals surface area (Å²) in [6.07, 6.45) is 1.53. The van der Waals surface area contributed by atoms with Gasteiger partial charge in [-0.2, -0.15) is 0 Å². The van der Waals surface area contributed by atoms with Gasteiger partial charge in [0, 0.05) is 0 Å². The molecule has 0 aromatic rings. The zero-order chi connectivity index (χ0) is 7.44. The molecule has 0 aromatic carbocycles. The second-order valence-corrected chi connectivity index (χ2v) is 1.82. The average molecular weight is 132 g/mol. The van der Waals surface area contributed by atoms with Gasteiger partial charge in [0.2, 0.25) is 0 Å². The maximum atomic E-state index is 12.4. The maximum absolute atomic E-state index is 12.4. The molecule has 0 amide bonds. The summed E-state index contributed by atoms with van der Waals surface area (Å²) in [6, 6.07) is 0. The molecule has 0 aliphatic carbocycles. The van der Waals surface area contributed by atoms with Crippen molar-refractivity contribution >= 4 is 0 Å². The minimum Gasteiger partial charge on any atom is -0.209 e. The van der Waals surface area contributed by atoms with E-state index in [1.165, 1.54) is 13.0 Å². The van der Waals surface area contributed by atoms with E-state index in [0.717, 1.165) is 6.92 Å². The van der Waals surface area contributed by atoms with Gasteiger partial charge in [-0.25, -0.2) is 8.78 Å². The van der Waals surface area contributed by atoms with Crippen molar-refractivity contribution in [3.8, 4) is 0 Å². The van der Waals surface area contributed by atoms with E-state index in [1.54, 1.807) is 6.92 Å². The Labute approximate surface area is 53.9 Å². The molecular weight excluding hydrogens is 122 g/mol. The summed E-state index contributed by atoms with van der Waals surface area (Å²) >= 11 is 0. The van der Waals surface area contributed by atoms with Crippen LogP contribution in [-0.2, 0) is 0 Å². The third-order valence-electron chi connectivity index (χ3n) is 1.08. The molecule has 2 heteroatoms. The molecule has 0 heterocycles. The Morgan fingerprint density at radius 1 is 1.22 bits per heavy atom. The molecule has 0 saturated carbocycles. The Hall–Kier alpha value is -0.660. The Balaban J connectivity index is 4.40. The third-order valence-corrected chi connectivity index (χ3v) is 1.08. The minimum atomic E-state index is -0.759. The first kappa shape index (κ1) is 8.34. The molecule has 0 unspecified atom stereocenters. The fourth-order valence-corrected chi connectivity index (χ4v) is 0.398. The van der Waals surface area contributed by atoms with Crippen molar-refractivity contribution in [3.05, 3.63) is 23.3 Å². The normalized spacial score (nSPS) is 15.4. The van der Waals surface area contributed by atoms with E-state index in [4.69, 9.17) is 0 Å². The summed E-state index contributed by atoms with van der Waals surface area (Å²) in [5.74, 6) is -1.51. The molecule has 9 heavy (non-hydrogen) atoms. The fourth-order valence-electron chi connectivity index (χ4n) is 0.398. The van der Waals surface area contributed by atoms with Crippen molar-refractivity contribution in [1.29, 1.82) is 0 Å². The molecule has 52 valence electrons. The van der Waals surface area contributed by atoms with E-state index in [9.17, 15) is 8.78 Å². The smallest absolute Gasteiger partial charge is 0.156 e. The highest BCUT2D eigenvalue weighted by atomic mass is 19.2. The van der Waals surface area contributed by atoms with Gasteiger partial charge in [-0.1, -0.05) is 6.08 Å². The Morgan fingerprint density at radius 2 is 1.67 bits per heavy atom. The number of rotatable bonds is 1. The number of allylic oxidation sites excluding steroid dienone is 4. The standard InChI is InChI=1S/C7H10F2/c1-4-5(2)7(9)6(3)8/h4H,1-3H3/b5-4-,7-6-. The van der Waals surface area contributed by atoms with Crippen molar-refractivity contribution in [3.63, 3.8) is 0 Å². The quantitative estimate of drug-likeness (QED) is 0.481. The van der Waals surface area contributed by atoms with Gasteiger partial charge in [-0.05, 0) is 26.3 Å². The van der Waals surface area contributed by atoms with Crippen LogP contribution >= 0.6 is 0 Å². The fraction of sp³-hybridized carbons (Fsp3) is 0.429. The van der Waals surface area contributed by atoms with Gasteiger partial charge in [0.05, 0.1) is 0 Å². The van der Waals surface area contributed by atoms with Crippen LogP contribution in [0.25, 0.3) is 0 Å². The monoisotopic (exact) mass is 132 g/mol. The van der Waals surface area contributed by atoms with Gasteiger partial charge >= 0.3 is 0 Å². The molecule has 0 radical (unpaired) electrons. The summed E-state index contributed by atoms with van der Waals surface area (Å²) in [5, 5.41) is 0. The summed E-state index contributed by atoms with van der Waals surface area (Å²) in [7, 11) is 0. The van der Waals surface area contributed by atoms with Crippen LogP contribution in [0.5, 0.6) is 0 Å². The third kappa shape index (κ3) is 2.40. The minimum absolute atomic E-state index is 0.343. The lowest BCUT2D eigenvalue weighted by molar-refractivity contribution is 0.547. The lowest BCUT2D eigenvalue weighted by Crippen LogP contribution is -1.77. The molecular formula is C7H10F2. The molecule has 0 saturated heterocycles. The zero-order valence-electron chi connectivity index (χ0n) is 5.83. The first-order valence-electron chi connectivity index (χ1n) is 2.74. The van der Waals surface area contributed by atoms with Crippen LogP contribution in [-0.4, -0.2) is 0 Å². The van der Waals surface area contributed by atoms with Gasteiger partial charge in [0.15, 0.2) is 5.83 Å². The molecule has 0 aliphatic rings. The lowest BCUT2D eigenvalue weighted by atomic mass is 10.2. The number of hydrogen-bond donors (Lipinski definition) is 0. The molecule has 0 atom stereocenters. The van der Waals surface area contributed by atoms with Gasteiger partial charge in [-0.3, -0.25) is 0 Å². The molecule has 0 fully saturated rings. The Kier molecular flexibility index (Phi) is 3.13. The van der Waals surface area contributed by atoms with E-state index in [0.29, 0.717) is 5.57 Å². The first-order valence-corrected chi connectivity index (χ1v) is 2.74. The van der Waals surface area contributed by atoms with Gasteiger partial charge < -0.3 is 0 Å². The molecule has 0 bridgehead atoms. The topological polar surface area (TPSA) is 0 Å². The molecule has 0 aliphatic heterocycles. The van der Waals surface area contributed by atoms with Crippen LogP contribution < -0.4 is 0 Å². The van der Waals surface area contributed by atoms with E-state index >= 15 is 0 Å². The summed E-state index contributed by atoms with van der Waals surface area (Å²) < 4.78 is 24.4. The highest BCUT2D eigenvalue weighted by molar-refractivity contribution is 5.23. The van der Waals surface area contributed by atoms with Crippen molar-refractivity contribution in [2.24, 2.45) is 0 Å². The Morgan fingerprint density at radius 3 is 1.78 bits per heavy atom. The van der Waals surface area contributed by atoms with Crippen LogP contribution in [0.3, 0.4) is 0 Å². The highest BCUT2D eigenvalue weighted by Crippen LogP contribution is 2.15. The van der Waals surface area contributed by atoms with Crippen molar-refractivity contribution in [2.45, 2.75) is 20.8 Å². The predicted octanol–water partition coefficient (Wildman–Crippen LogP) is 3.12. The summed E-state index contributed by atoms with van der Waals surface area (Å²) in [4.78, 5) is 0. The van der Waals surface area contributed by atoms with Crippen LogP contribution in [0, 0.1) is 0 Å². The van der Waals surface area contributed by atoms with E-state index in [2.05, 4.69) is 0 Å². The molecule has 0 nitrogen and oxygen atoms in total. The van der Waals surface area contributed by atoms with Crippen LogP contribution in [0.2, 0.25) is 0 Å². The molecule has 0 N–H and O–H groups in total. The van der Waals surface area contributed by atoms with Crippen LogP contribution in [0.1, 0.15) is 20.8 Å². The Bertz CT molecular complexity index is 150. The maximum Gasteiger partial charge on any atom is 0.156 e. The van der Waals surface area contributed by atoms with E-state index in [1.807, 2.05) is 0 Å².